The minimum absolute atomic E-state index is 0.0145. The van der Waals surface area contributed by atoms with Gasteiger partial charge in [-0.25, -0.2) is 13.8 Å². The smallest absolute Gasteiger partial charge is 0.280 e. The quantitative estimate of drug-likeness (QED) is 0.863. The standard InChI is InChI=1S/C15H18F2N2/c1-15(2,3)9-5-6-11-10(7-9)12(18-4)8-13(19-11)14(16)17/h5-8,14H,1-4H3,(H,18,19). The molecule has 1 N–H and O–H groups in total. The summed E-state index contributed by atoms with van der Waals surface area (Å²) in [5.41, 5.74) is 2.26. The molecular weight excluding hydrogens is 246 g/mol. The van der Waals surface area contributed by atoms with Crippen molar-refractivity contribution in [1.29, 1.82) is 0 Å². The molecule has 1 aromatic carbocycles. The van der Waals surface area contributed by atoms with E-state index in [-0.39, 0.29) is 11.1 Å². The van der Waals surface area contributed by atoms with Gasteiger partial charge in [0, 0.05) is 18.1 Å². The lowest BCUT2D eigenvalue weighted by molar-refractivity contribution is 0.146. The molecule has 2 rings (SSSR count). The first-order valence-corrected chi connectivity index (χ1v) is 6.24. The third-order valence-corrected chi connectivity index (χ3v) is 3.19. The van der Waals surface area contributed by atoms with E-state index in [1.165, 1.54) is 6.07 Å². The summed E-state index contributed by atoms with van der Waals surface area (Å²) < 4.78 is 25.6. The van der Waals surface area contributed by atoms with Crippen LogP contribution in [0.25, 0.3) is 10.9 Å². The molecule has 1 aromatic heterocycles. The molecule has 0 aliphatic heterocycles. The van der Waals surface area contributed by atoms with Gasteiger partial charge in [0.25, 0.3) is 6.43 Å². The van der Waals surface area contributed by atoms with Crippen molar-refractivity contribution in [3.8, 4) is 0 Å². The van der Waals surface area contributed by atoms with Crippen LogP contribution < -0.4 is 5.32 Å². The average Bonchev–Trinajstić information content (AvgIpc) is 2.35. The van der Waals surface area contributed by atoms with Crippen molar-refractivity contribution in [1.82, 2.24) is 4.98 Å². The molecule has 0 radical (unpaired) electrons. The number of nitrogens with zero attached hydrogens (tertiary/aromatic N) is 1. The Hall–Kier alpha value is -1.71. The highest BCUT2D eigenvalue weighted by molar-refractivity contribution is 5.92. The van der Waals surface area contributed by atoms with Crippen LogP contribution in [0.2, 0.25) is 0 Å². The maximum Gasteiger partial charge on any atom is 0.280 e. The third-order valence-electron chi connectivity index (χ3n) is 3.19. The van der Waals surface area contributed by atoms with Gasteiger partial charge in [0.2, 0.25) is 0 Å². The minimum Gasteiger partial charge on any atom is -0.388 e. The minimum atomic E-state index is -2.56. The van der Waals surface area contributed by atoms with Crippen molar-refractivity contribution < 1.29 is 8.78 Å². The summed E-state index contributed by atoms with van der Waals surface area (Å²) >= 11 is 0. The van der Waals surface area contributed by atoms with Crippen LogP contribution in [0.1, 0.15) is 38.5 Å². The van der Waals surface area contributed by atoms with Gasteiger partial charge in [-0.2, -0.15) is 0 Å². The first kappa shape index (κ1) is 13.7. The van der Waals surface area contributed by atoms with Crippen LogP contribution in [0.5, 0.6) is 0 Å². The largest absolute Gasteiger partial charge is 0.388 e. The fraction of sp³-hybridized carbons (Fsp3) is 0.400. The molecule has 19 heavy (non-hydrogen) atoms. The number of hydrogen-bond donors (Lipinski definition) is 1. The van der Waals surface area contributed by atoms with E-state index in [4.69, 9.17) is 0 Å². The molecule has 0 fully saturated rings. The number of pyridine rings is 1. The highest BCUT2D eigenvalue weighted by atomic mass is 19.3. The van der Waals surface area contributed by atoms with Crippen LogP contribution in [0.3, 0.4) is 0 Å². The zero-order valence-corrected chi connectivity index (χ0v) is 11.6. The Balaban J connectivity index is 2.69. The summed E-state index contributed by atoms with van der Waals surface area (Å²) in [5, 5.41) is 3.84. The molecule has 2 nitrogen and oxygen atoms in total. The normalized spacial score (nSPS) is 12.2. The zero-order valence-electron chi connectivity index (χ0n) is 11.6. The fourth-order valence-corrected chi connectivity index (χ4v) is 2.03. The lowest BCUT2D eigenvalue weighted by Gasteiger charge is -2.20. The van der Waals surface area contributed by atoms with E-state index in [1.54, 1.807) is 7.05 Å². The van der Waals surface area contributed by atoms with Crippen LogP contribution >= 0.6 is 0 Å². The summed E-state index contributed by atoms with van der Waals surface area (Å²) in [6.07, 6.45) is -2.56. The lowest BCUT2D eigenvalue weighted by Crippen LogP contribution is -2.11. The summed E-state index contributed by atoms with van der Waals surface area (Å²) in [5.74, 6) is 0. The predicted molar refractivity (Wildman–Crippen MR) is 74.9 cm³/mol. The molecule has 0 aliphatic carbocycles. The third kappa shape index (κ3) is 2.67. The molecule has 0 atom stereocenters. The Morgan fingerprint density at radius 2 is 1.84 bits per heavy atom. The van der Waals surface area contributed by atoms with E-state index in [9.17, 15) is 8.78 Å². The van der Waals surface area contributed by atoms with Gasteiger partial charge in [0.1, 0.15) is 5.69 Å². The number of aromatic nitrogens is 1. The van der Waals surface area contributed by atoms with Crippen LogP contribution in [-0.2, 0) is 5.41 Å². The van der Waals surface area contributed by atoms with Crippen LogP contribution in [0.15, 0.2) is 24.3 Å². The number of alkyl halides is 2. The van der Waals surface area contributed by atoms with Crippen molar-refractivity contribution >= 4 is 16.6 Å². The molecule has 0 unspecified atom stereocenters. The fourth-order valence-electron chi connectivity index (χ4n) is 2.03. The molecular formula is C15H18F2N2. The van der Waals surface area contributed by atoms with Gasteiger partial charge < -0.3 is 5.32 Å². The summed E-state index contributed by atoms with van der Waals surface area (Å²) in [6.45, 7) is 6.36. The molecule has 0 amide bonds. The van der Waals surface area contributed by atoms with Gasteiger partial charge >= 0.3 is 0 Å². The first-order chi connectivity index (χ1) is 8.82. The monoisotopic (exact) mass is 264 g/mol. The van der Waals surface area contributed by atoms with Crippen molar-refractivity contribution in [3.05, 3.63) is 35.5 Å². The van der Waals surface area contributed by atoms with Crippen LogP contribution in [0, 0.1) is 0 Å². The van der Waals surface area contributed by atoms with Gasteiger partial charge in [-0.05, 0) is 29.2 Å². The second kappa shape index (κ2) is 4.76. The molecule has 102 valence electrons. The van der Waals surface area contributed by atoms with Gasteiger partial charge in [-0.15, -0.1) is 0 Å². The van der Waals surface area contributed by atoms with Gasteiger partial charge in [0.15, 0.2) is 0 Å². The number of rotatable bonds is 2. The summed E-state index contributed by atoms with van der Waals surface area (Å²) in [7, 11) is 1.73. The molecule has 1 heterocycles. The molecule has 2 aromatic rings. The Kier molecular flexibility index (Phi) is 3.43. The Morgan fingerprint density at radius 3 is 2.37 bits per heavy atom. The Morgan fingerprint density at radius 1 is 1.16 bits per heavy atom. The number of anilines is 1. The highest BCUT2D eigenvalue weighted by Crippen LogP contribution is 2.31. The molecule has 0 spiro atoms. The lowest BCUT2D eigenvalue weighted by atomic mass is 9.86. The van der Waals surface area contributed by atoms with Crippen LogP contribution in [0.4, 0.5) is 14.5 Å². The summed E-state index contributed by atoms with van der Waals surface area (Å²) in [4.78, 5) is 4.02. The summed E-state index contributed by atoms with van der Waals surface area (Å²) in [6, 6.07) is 7.19. The van der Waals surface area contributed by atoms with E-state index in [0.717, 1.165) is 10.9 Å². The first-order valence-electron chi connectivity index (χ1n) is 6.24. The molecule has 0 saturated heterocycles. The van der Waals surface area contributed by atoms with Crippen molar-refractivity contribution in [2.45, 2.75) is 32.6 Å². The predicted octanol–water partition coefficient (Wildman–Crippen LogP) is 4.51. The highest BCUT2D eigenvalue weighted by Gasteiger charge is 2.17. The second-order valence-electron chi connectivity index (χ2n) is 5.63. The maximum atomic E-state index is 12.8. The van der Waals surface area contributed by atoms with Gasteiger partial charge in [0.05, 0.1) is 5.52 Å². The zero-order chi connectivity index (χ0) is 14.2. The number of nitrogens with one attached hydrogen (secondary N) is 1. The van der Waals surface area contributed by atoms with E-state index >= 15 is 0 Å². The topological polar surface area (TPSA) is 24.9 Å². The van der Waals surface area contributed by atoms with E-state index in [0.29, 0.717) is 11.2 Å². The number of fused-ring (bicyclic) bond motifs is 1. The SMILES string of the molecule is CNc1cc(C(F)F)nc2ccc(C(C)(C)C)cc12. The molecule has 0 aliphatic rings. The average molecular weight is 264 g/mol. The Labute approximate surface area is 111 Å². The molecule has 0 bridgehead atoms. The van der Waals surface area contributed by atoms with Gasteiger partial charge in [-0.3, -0.25) is 0 Å². The molecule has 4 heteroatoms. The van der Waals surface area contributed by atoms with Crippen molar-refractivity contribution in [2.24, 2.45) is 0 Å². The number of halogens is 2. The van der Waals surface area contributed by atoms with E-state index < -0.39 is 6.43 Å². The second-order valence-corrected chi connectivity index (χ2v) is 5.63. The maximum absolute atomic E-state index is 12.8. The number of benzene rings is 1. The van der Waals surface area contributed by atoms with E-state index in [1.807, 2.05) is 18.2 Å². The Bertz CT molecular complexity index is 601. The molecule has 0 saturated carbocycles. The number of hydrogen-bond acceptors (Lipinski definition) is 2. The van der Waals surface area contributed by atoms with Crippen LogP contribution in [-0.4, -0.2) is 12.0 Å². The van der Waals surface area contributed by atoms with E-state index in [2.05, 4.69) is 31.1 Å². The van der Waals surface area contributed by atoms with Crippen molar-refractivity contribution in [3.63, 3.8) is 0 Å². The van der Waals surface area contributed by atoms with Gasteiger partial charge in [-0.1, -0.05) is 26.8 Å². The van der Waals surface area contributed by atoms with Crippen molar-refractivity contribution in [2.75, 3.05) is 12.4 Å².